The minimum Gasteiger partial charge on any atom is -0.478 e. The highest BCUT2D eigenvalue weighted by Gasteiger charge is 2.65. The second-order valence-corrected chi connectivity index (χ2v) is 11.3. The number of ether oxygens (including phenoxy) is 1. The number of aliphatic carboxylic acids is 1. The van der Waals surface area contributed by atoms with Gasteiger partial charge in [-0.05, 0) is 13.8 Å². The number of nitrogen functional groups attached to an aromatic ring is 1. The molecule has 2 unspecified atom stereocenters. The zero-order valence-electron chi connectivity index (χ0n) is 20.6. The number of rotatable bonds is 11. The average molecular weight is 590 g/mol. The Bertz CT molecular complexity index is 1340. The number of hydrogen-bond acceptors (Lipinski definition) is 14. The lowest BCUT2D eigenvalue weighted by atomic mass is 10.1. The molecule has 2 saturated heterocycles. The lowest BCUT2D eigenvalue weighted by Gasteiger charge is -2.31. The molecule has 3 aliphatic rings. The number of aliphatic imine (C=N–C) groups is 1. The number of guanidine groups is 1. The quantitative estimate of drug-likeness (QED) is 0.0432. The number of oxime groups is 1. The smallest absolute Gasteiger partial charge is 0.350 e. The number of carboxylic acids is 1. The number of carbonyl (C=O) groups excluding carboxylic acids is 1. The van der Waals surface area contributed by atoms with E-state index in [1.54, 1.807) is 0 Å². The van der Waals surface area contributed by atoms with Gasteiger partial charge in [-0.1, -0.05) is 5.16 Å². The van der Waals surface area contributed by atoms with Crippen molar-refractivity contribution in [3.8, 4) is 0 Å². The maximum absolute atomic E-state index is 13.4. The Balaban J connectivity index is 1.58. The van der Waals surface area contributed by atoms with Crippen molar-refractivity contribution in [2.75, 3.05) is 25.4 Å². The molecule has 214 valence electrons. The summed E-state index contributed by atoms with van der Waals surface area (Å²) in [7, 11) is -4.76. The first-order valence-electron chi connectivity index (χ1n) is 11.2. The van der Waals surface area contributed by atoms with Gasteiger partial charge in [-0.3, -0.25) is 9.35 Å². The number of carbonyl (C=O) groups is 2. The van der Waals surface area contributed by atoms with Crippen LogP contribution in [0.3, 0.4) is 0 Å². The van der Waals surface area contributed by atoms with E-state index in [0.29, 0.717) is 5.71 Å². The fraction of sp³-hybridized carbons (Fsp3) is 0.556. The number of hydrogen-bond donors (Lipinski definition) is 7. The number of nitrogens with one attached hydrogen (secondary N) is 2. The molecule has 1 aromatic heterocycles. The minimum absolute atomic E-state index is 0.000759. The molecule has 1 amide bonds. The minimum atomic E-state index is -4.76. The summed E-state index contributed by atoms with van der Waals surface area (Å²) in [5, 5.41) is 22.9. The summed E-state index contributed by atoms with van der Waals surface area (Å²) < 4.78 is 40.4. The molecule has 10 N–H and O–H groups in total. The number of epoxide rings is 1. The molecule has 4 heterocycles. The fourth-order valence-electron chi connectivity index (χ4n) is 3.82. The summed E-state index contributed by atoms with van der Waals surface area (Å²) in [5.41, 5.74) is 17.7. The van der Waals surface area contributed by atoms with Crippen LogP contribution >= 0.6 is 11.3 Å². The van der Waals surface area contributed by atoms with E-state index in [-0.39, 0.29) is 36.4 Å². The molecule has 0 bridgehead atoms. The largest absolute Gasteiger partial charge is 0.478 e. The summed E-state index contributed by atoms with van der Waals surface area (Å²) in [4.78, 5) is 37.8. The number of fused-ring (bicyclic) bond motifs is 1. The number of aromatic nitrogens is 1. The van der Waals surface area contributed by atoms with Crippen molar-refractivity contribution in [1.29, 1.82) is 0 Å². The molecule has 0 saturated carbocycles. The van der Waals surface area contributed by atoms with E-state index < -0.39 is 57.9 Å². The number of hydrazine groups is 1. The average Bonchev–Trinajstić information content (AvgIpc) is 3.11. The lowest BCUT2D eigenvalue weighted by Crippen LogP contribution is -2.56. The van der Waals surface area contributed by atoms with Gasteiger partial charge >= 0.3 is 16.3 Å². The molecule has 21 heteroatoms. The maximum atomic E-state index is 13.4. The maximum Gasteiger partial charge on any atom is 0.350 e. The second-order valence-electron chi connectivity index (χ2n) is 9.11. The Morgan fingerprint density at radius 3 is 2.72 bits per heavy atom. The van der Waals surface area contributed by atoms with Crippen molar-refractivity contribution in [2.24, 2.45) is 26.7 Å². The molecule has 0 aromatic carbocycles. The summed E-state index contributed by atoms with van der Waals surface area (Å²) in [5.74, 6) is -2.34. The molecular weight excluding hydrogens is 562 g/mol. The van der Waals surface area contributed by atoms with Crippen molar-refractivity contribution >= 4 is 56.0 Å². The van der Waals surface area contributed by atoms with Crippen LogP contribution in [-0.2, 0) is 29.5 Å². The molecule has 0 spiro atoms. The standard InChI is InChI=1S/C18H27N11O8S2/c1-18(2,15(31)32)37-27-10(8-6-38-17(21)24-8)13(30)25-11-9(29(39(33,34)35)14-12(11)36-14)5-28-23-4-7(26-28)3-22-16(19)20/h6,9,11-12,14,23H,3-5H2,1-2H3,(H2,21,24)(H,25,30)(H,31,32)(H4,19,20,22)(H,33,34,35)/b27-10-/t9-,11+,12?,14?/m1/s1. The van der Waals surface area contributed by atoms with Crippen LogP contribution in [-0.4, -0.2) is 111 Å². The van der Waals surface area contributed by atoms with Crippen molar-refractivity contribution in [2.45, 2.75) is 43.9 Å². The molecule has 0 radical (unpaired) electrons. The zero-order chi connectivity index (χ0) is 28.7. The number of nitrogens with two attached hydrogens (primary N) is 3. The first-order chi connectivity index (χ1) is 18.2. The van der Waals surface area contributed by atoms with Gasteiger partial charge in [0.05, 0.1) is 37.4 Å². The van der Waals surface area contributed by atoms with Crippen LogP contribution in [0, 0.1) is 0 Å². The Labute approximate surface area is 225 Å². The van der Waals surface area contributed by atoms with E-state index in [4.69, 9.17) is 26.8 Å². The molecule has 2 fully saturated rings. The summed E-state index contributed by atoms with van der Waals surface area (Å²) in [6, 6.07) is -2.04. The Morgan fingerprint density at radius 1 is 1.41 bits per heavy atom. The van der Waals surface area contributed by atoms with Gasteiger partial charge in [0.2, 0.25) is 5.60 Å². The number of thiazole rings is 1. The van der Waals surface area contributed by atoms with Crippen LogP contribution in [0.1, 0.15) is 19.5 Å². The van der Waals surface area contributed by atoms with Crippen LogP contribution < -0.4 is 27.9 Å². The van der Waals surface area contributed by atoms with Gasteiger partial charge in [-0.25, -0.2) is 25.3 Å². The molecule has 4 rings (SSSR count). The van der Waals surface area contributed by atoms with Gasteiger partial charge in [0, 0.05) is 5.38 Å². The van der Waals surface area contributed by atoms with Crippen molar-refractivity contribution < 1.29 is 37.2 Å². The summed E-state index contributed by atoms with van der Waals surface area (Å²) in [6.07, 6.45) is -1.83. The highest BCUT2D eigenvalue weighted by Crippen LogP contribution is 2.42. The summed E-state index contributed by atoms with van der Waals surface area (Å²) >= 11 is 1.01. The molecule has 1 aromatic rings. The van der Waals surface area contributed by atoms with Crippen molar-refractivity contribution in [3.05, 3.63) is 11.1 Å². The third kappa shape index (κ3) is 6.34. The van der Waals surface area contributed by atoms with Gasteiger partial charge in [-0.2, -0.15) is 13.5 Å². The SMILES string of the molecule is CC(C)(O/N=C(\C(=O)N[C@@H]1C2OC2N(S(=O)(=O)O)[C@@H]1CN1N=C(CN=C(N)N)CN1)c1csc(N)n1)C(=O)O. The zero-order valence-corrected chi connectivity index (χ0v) is 22.2. The number of anilines is 1. The Morgan fingerprint density at radius 2 is 2.13 bits per heavy atom. The van der Waals surface area contributed by atoms with E-state index in [9.17, 15) is 27.7 Å². The number of nitrogens with zero attached hydrogens (tertiary/aromatic N) is 6. The molecule has 39 heavy (non-hydrogen) atoms. The molecule has 4 atom stereocenters. The predicted octanol–water partition coefficient (Wildman–Crippen LogP) is -3.54. The van der Waals surface area contributed by atoms with Crippen LogP contribution in [0.2, 0.25) is 0 Å². The fourth-order valence-corrected chi connectivity index (χ4v) is 5.34. The molecule has 0 aliphatic carbocycles. The second kappa shape index (κ2) is 10.5. The van der Waals surface area contributed by atoms with E-state index in [0.717, 1.165) is 15.6 Å². The summed E-state index contributed by atoms with van der Waals surface area (Å²) in [6.45, 7) is 2.72. The van der Waals surface area contributed by atoms with Crippen LogP contribution in [0.25, 0.3) is 0 Å². The van der Waals surface area contributed by atoms with E-state index in [1.165, 1.54) is 24.3 Å². The van der Waals surface area contributed by atoms with Crippen LogP contribution in [0.4, 0.5) is 5.13 Å². The van der Waals surface area contributed by atoms with Crippen molar-refractivity contribution in [1.82, 2.24) is 25.1 Å². The highest BCUT2D eigenvalue weighted by molar-refractivity contribution is 7.83. The van der Waals surface area contributed by atoms with E-state index in [2.05, 4.69) is 31.0 Å². The predicted molar refractivity (Wildman–Crippen MR) is 136 cm³/mol. The highest BCUT2D eigenvalue weighted by atomic mass is 32.2. The van der Waals surface area contributed by atoms with E-state index >= 15 is 0 Å². The van der Waals surface area contributed by atoms with Crippen LogP contribution in [0.15, 0.2) is 20.6 Å². The lowest BCUT2D eigenvalue weighted by molar-refractivity contribution is -0.161. The van der Waals surface area contributed by atoms with Crippen molar-refractivity contribution in [3.63, 3.8) is 0 Å². The first kappa shape index (κ1) is 28.4. The van der Waals surface area contributed by atoms with Gasteiger partial charge in [0.25, 0.3) is 5.91 Å². The third-order valence-corrected chi connectivity index (χ3v) is 7.49. The number of carboxylic acid groups (broad SMARTS) is 1. The number of amides is 1. The van der Waals surface area contributed by atoms with Crippen LogP contribution in [0.5, 0.6) is 0 Å². The Kier molecular flexibility index (Phi) is 7.64. The monoisotopic (exact) mass is 589 g/mol. The van der Waals surface area contributed by atoms with Gasteiger partial charge < -0.3 is 37.2 Å². The molecule has 19 nitrogen and oxygen atoms in total. The Hall–Kier alpha value is -3.63. The molecule has 3 aliphatic heterocycles. The normalized spacial score (nSPS) is 25.2. The number of hydrazone groups is 1. The molecular formula is C18H27N11O8S2. The van der Waals surface area contributed by atoms with Gasteiger partial charge in [0.1, 0.15) is 11.8 Å². The van der Waals surface area contributed by atoms with Gasteiger partial charge in [0.15, 0.2) is 23.0 Å². The van der Waals surface area contributed by atoms with E-state index in [1.807, 2.05) is 0 Å². The topological polar surface area (TPSA) is 289 Å². The third-order valence-electron chi connectivity index (χ3n) is 5.80. The first-order valence-corrected chi connectivity index (χ1v) is 13.5. The van der Waals surface area contributed by atoms with Gasteiger partial charge in [-0.15, -0.1) is 15.6 Å².